The van der Waals surface area contributed by atoms with E-state index in [1.807, 2.05) is 0 Å². The number of fused-ring (bicyclic) bond motifs is 1. The lowest BCUT2D eigenvalue weighted by molar-refractivity contribution is -0.275. The van der Waals surface area contributed by atoms with E-state index < -0.39 is 36.1 Å². The van der Waals surface area contributed by atoms with Crippen LogP contribution in [0.25, 0.3) is 0 Å². The van der Waals surface area contributed by atoms with E-state index in [0.29, 0.717) is 13.1 Å². The molecule has 1 fully saturated rings. The highest BCUT2D eigenvalue weighted by atomic mass is 35.5. The molecular formula is C15H14ClF3N2O4. The van der Waals surface area contributed by atoms with Crippen LogP contribution < -0.4 is 5.32 Å². The molecule has 6 nitrogen and oxygen atoms in total. The third-order valence-corrected chi connectivity index (χ3v) is 4.38. The van der Waals surface area contributed by atoms with Gasteiger partial charge in [-0.05, 0) is 31.0 Å². The zero-order valence-corrected chi connectivity index (χ0v) is 13.6. The summed E-state index contributed by atoms with van der Waals surface area (Å²) in [6.45, 7) is -0.351. The molecule has 1 aromatic carbocycles. The molecule has 0 aliphatic carbocycles. The lowest BCUT2D eigenvalue weighted by Crippen LogP contribution is -2.54. The summed E-state index contributed by atoms with van der Waals surface area (Å²) >= 11 is 5.81. The number of alkyl halides is 3. The molecule has 0 spiro atoms. The van der Waals surface area contributed by atoms with E-state index in [-0.39, 0.29) is 10.7 Å². The second kappa shape index (κ2) is 6.29. The molecule has 2 aliphatic heterocycles. The van der Waals surface area contributed by atoms with E-state index in [2.05, 4.69) is 10.1 Å². The van der Waals surface area contributed by atoms with Crippen LogP contribution >= 0.6 is 11.6 Å². The first kappa shape index (κ1) is 17.7. The summed E-state index contributed by atoms with van der Waals surface area (Å²) < 4.78 is 51.0. The van der Waals surface area contributed by atoms with Crippen LogP contribution in [0.3, 0.4) is 0 Å². The highest BCUT2D eigenvalue weighted by molar-refractivity contribution is 6.30. The van der Waals surface area contributed by atoms with Gasteiger partial charge >= 0.3 is 18.4 Å². The number of rotatable bonds is 2. The molecule has 1 atom stereocenters. The Morgan fingerprint density at radius 3 is 2.68 bits per heavy atom. The molecule has 2 heterocycles. The Morgan fingerprint density at radius 2 is 2.04 bits per heavy atom. The lowest BCUT2D eigenvalue weighted by Gasteiger charge is -2.39. The third-order valence-electron chi connectivity index (χ3n) is 4.14. The van der Waals surface area contributed by atoms with Crippen LogP contribution in [0.15, 0.2) is 18.2 Å². The van der Waals surface area contributed by atoms with Crippen molar-refractivity contribution in [1.29, 1.82) is 0 Å². The van der Waals surface area contributed by atoms with Gasteiger partial charge in [-0.2, -0.15) is 13.2 Å². The van der Waals surface area contributed by atoms with Crippen molar-refractivity contribution < 1.29 is 32.2 Å². The van der Waals surface area contributed by atoms with Crippen LogP contribution in [0.5, 0.6) is 0 Å². The number of likely N-dealkylation sites (tertiary alicyclic amines) is 1. The van der Waals surface area contributed by atoms with E-state index in [4.69, 9.17) is 16.3 Å². The van der Waals surface area contributed by atoms with Crippen LogP contribution in [0.4, 0.5) is 28.4 Å². The van der Waals surface area contributed by atoms with Crippen molar-refractivity contribution in [2.75, 3.05) is 25.0 Å². The number of benzene rings is 1. The number of cyclic esters (lactones) is 1. The van der Waals surface area contributed by atoms with Gasteiger partial charge in [-0.3, -0.25) is 5.32 Å². The SMILES string of the molecule is O=C1Nc2ccc(Cl)cc2C(COC(=O)N2CCCC2)(C(F)(F)F)O1. The Kier molecular flexibility index (Phi) is 4.44. The van der Waals surface area contributed by atoms with Crippen LogP contribution in [0.1, 0.15) is 18.4 Å². The minimum absolute atomic E-state index is 0.0259. The number of carbonyl (C=O) groups is 2. The first-order valence-corrected chi connectivity index (χ1v) is 7.89. The van der Waals surface area contributed by atoms with Crippen molar-refractivity contribution in [3.63, 3.8) is 0 Å². The van der Waals surface area contributed by atoms with Gasteiger partial charge in [-0.15, -0.1) is 0 Å². The van der Waals surface area contributed by atoms with Crippen LogP contribution in [0, 0.1) is 0 Å². The Morgan fingerprint density at radius 1 is 1.36 bits per heavy atom. The van der Waals surface area contributed by atoms with Gasteiger partial charge in [0, 0.05) is 23.7 Å². The summed E-state index contributed by atoms with van der Waals surface area (Å²) in [5, 5.41) is 2.21. The zero-order chi connectivity index (χ0) is 18.2. The summed E-state index contributed by atoms with van der Waals surface area (Å²) in [5.41, 5.74) is -3.64. The fourth-order valence-corrected chi connectivity index (χ4v) is 3.03. The minimum atomic E-state index is -5.02. The smallest absolute Gasteiger partial charge is 0.436 e. The summed E-state index contributed by atoms with van der Waals surface area (Å²) in [7, 11) is 0. The highest BCUT2D eigenvalue weighted by Gasteiger charge is 2.63. The van der Waals surface area contributed by atoms with Gasteiger partial charge in [0.2, 0.25) is 0 Å². The monoisotopic (exact) mass is 378 g/mol. The van der Waals surface area contributed by atoms with Gasteiger partial charge in [-0.25, -0.2) is 9.59 Å². The van der Waals surface area contributed by atoms with Crippen molar-refractivity contribution >= 4 is 29.5 Å². The second-order valence-electron chi connectivity index (χ2n) is 5.78. The van der Waals surface area contributed by atoms with E-state index in [0.717, 1.165) is 18.9 Å². The molecule has 2 amide bonds. The number of anilines is 1. The Labute approximate surface area is 145 Å². The maximum atomic E-state index is 13.9. The van der Waals surface area contributed by atoms with Crippen LogP contribution in [-0.4, -0.2) is 43.0 Å². The van der Waals surface area contributed by atoms with Crippen LogP contribution in [0.2, 0.25) is 5.02 Å². The fourth-order valence-electron chi connectivity index (χ4n) is 2.86. The maximum absolute atomic E-state index is 13.9. The number of halogens is 4. The number of ether oxygens (including phenoxy) is 2. The normalized spacial score (nSPS) is 22.9. The number of amides is 2. The topological polar surface area (TPSA) is 67.9 Å². The molecule has 136 valence electrons. The summed E-state index contributed by atoms with van der Waals surface area (Å²) in [6, 6.07) is 3.61. The molecule has 1 N–H and O–H groups in total. The molecule has 10 heteroatoms. The average molecular weight is 379 g/mol. The van der Waals surface area contributed by atoms with Gasteiger partial charge in [-0.1, -0.05) is 11.6 Å². The molecule has 1 saturated heterocycles. The predicted molar refractivity (Wildman–Crippen MR) is 81.4 cm³/mol. The average Bonchev–Trinajstić information content (AvgIpc) is 3.06. The minimum Gasteiger partial charge on any atom is -0.444 e. The van der Waals surface area contributed by atoms with E-state index >= 15 is 0 Å². The van der Waals surface area contributed by atoms with Crippen molar-refractivity contribution in [3.05, 3.63) is 28.8 Å². The molecule has 3 rings (SSSR count). The first-order chi connectivity index (χ1) is 11.7. The number of nitrogens with zero attached hydrogens (tertiary/aromatic N) is 1. The maximum Gasteiger partial charge on any atom is 0.436 e. The molecule has 0 saturated carbocycles. The van der Waals surface area contributed by atoms with Gasteiger partial charge in [0.25, 0.3) is 5.60 Å². The molecular weight excluding hydrogens is 365 g/mol. The quantitative estimate of drug-likeness (QED) is 0.847. The summed E-state index contributed by atoms with van der Waals surface area (Å²) in [5.74, 6) is 0. The Hall–Kier alpha value is -2.16. The third kappa shape index (κ3) is 3.20. The molecule has 0 bridgehead atoms. The number of nitrogens with one attached hydrogen (secondary N) is 1. The van der Waals surface area contributed by atoms with Crippen molar-refractivity contribution in [2.24, 2.45) is 0 Å². The summed E-state index contributed by atoms with van der Waals surface area (Å²) in [6.07, 6.45) is -5.66. The standard InChI is InChI=1S/C15H14ClF3N2O4/c16-9-3-4-11-10(7-9)14(15(17,18)19,25-12(22)20-11)8-24-13(23)21-5-1-2-6-21/h3-4,7H,1-2,5-6,8H2,(H,20,22). The van der Waals surface area contributed by atoms with Crippen molar-refractivity contribution in [1.82, 2.24) is 4.90 Å². The largest absolute Gasteiger partial charge is 0.444 e. The molecule has 0 radical (unpaired) electrons. The molecule has 1 unspecified atom stereocenters. The van der Waals surface area contributed by atoms with E-state index in [9.17, 15) is 22.8 Å². The van der Waals surface area contributed by atoms with Gasteiger partial charge in [0.1, 0.15) is 6.61 Å². The van der Waals surface area contributed by atoms with Gasteiger partial charge in [0.15, 0.2) is 0 Å². The molecule has 2 aliphatic rings. The first-order valence-electron chi connectivity index (χ1n) is 7.51. The van der Waals surface area contributed by atoms with E-state index in [1.54, 1.807) is 0 Å². The molecule has 25 heavy (non-hydrogen) atoms. The highest BCUT2D eigenvalue weighted by Crippen LogP contribution is 2.48. The van der Waals surface area contributed by atoms with Crippen LogP contribution in [-0.2, 0) is 15.1 Å². The van der Waals surface area contributed by atoms with Gasteiger partial charge in [0.05, 0.1) is 5.69 Å². The lowest BCUT2D eigenvalue weighted by atomic mass is 9.90. The number of hydrogen-bond donors (Lipinski definition) is 1. The van der Waals surface area contributed by atoms with E-state index in [1.165, 1.54) is 17.0 Å². The Bertz CT molecular complexity index is 707. The van der Waals surface area contributed by atoms with Crippen molar-refractivity contribution in [3.8, 4) is 0 Å². The summed E-state index contributed by atoms with van der Waals surface area (Å²) in [4.78, 5) is 24.9. The van der Waals surface area contributed by atoms with Crippen molar-refractivity contribution in [2.45, 2.75) is 24.6 Å². The Balaban J connectivity index is 1.95. The number of carbonyl (C=O) groups excluding carboxylic acids is 2. The second-order valence-corrected chi connectivity index (χ2v) is 6.21. The molecule has 0 aromatic heterocycles. The predicted octanol–water partition coefficient (Wildman–Crippen LogP) is 3.89. The number of hydrogen-bond acceptors (Lipinski definition) is 4. The zero-order valence-electron chi connectivity index (χ0n) is 12.9. The fraction of sp³-hybridized carbons (Fsp3) is 0.467. The van der Waals surface area contributed by atoms with Gasteiger partial charge < -0.3 is 14.4 Å². The molecule has 1 aromatic rings.